The highest BCUT2D eigenvalue weighted by Gasteiger charge is 2.41. The molecule has 53 heavy (non-hydrogen) atoms. The largest absolute Gasteiger partial charge is 0.448 e. The van der Waals surface area contributed by atoms with E-state index in [1.807, 2.05) is 72.8 Å². The maximum Gasteiger partial charge on any atom is 0.205 e. The van der Waals surface area contributed by atoms with Crippen LogP contribution in [0.15, 0.2) is 143 Å². The number of H-pyrrole nitrogens is 1. The van der Waals surface area contributed by atoms with Gasteiger partial charge in [0.15, 0.2) is 10.2 Å². The van der Waals surface area contributed by atoms with Gasteiger partial charge in [-0.05, 0) is 62.3 Å². The SMILES string of the molecule is CCCCc1n[nH]c(COC)c1Cc1ccc2c(-c3ccccc3-c3nnn(C(c4ccccc4)(c4ccccc4)c4ccccc4)n3)oc(Br)c2c1. The Morgan fingerprint density at radius 1 is 0.774 bits per heavy atom. The minimum atomic E-state index is -0.880. The lowest BCUT2D eigenvalue weighted by molar-refractivity contribution is 0.181. The van der Waals surface area contributed by atoms with Crippen molar-refractivity contribution in [2.75, 3.05) is 7.11 Å². The minimum absolute atomic E-state index is 0.495. The number of methoxy groups -OCH3 is 1. The number of nitrogens with one attached hydrogen (secondary N) is 1. The lowest BCUT2D eigenvalue weighted by atomic mass is 9.77. The third-order valence-corrected chi connectivity index (χ3v) is 10.5. The van der Waals surface area contributed by atoms with Crippen molar-refractivity contribution in [1.29, 1.82) is 0 Å². The molecule has 1 N–H and O–H groups in total. The molecule has 264 valence electrons. The van der Waals surface area contributed by atoms with Gasteiger partial charge in [0.1, 0.15) is 5.76 Å². The van der Waals surface area contributed by atoms with Crippen LogP contribution < -0.4 is 0 Å². The van der Waals surface area contributed by atoms with Crippen LogP contribution in [0.2, 0.25) is 0 Å². The first kappa shape index (κ1) is 34.4. The molecule has 8 nitrogen and oxygen atoms in total. The van der Waals surface area contributed by atoms with E-state index in [1.165, 1.54) is 11.1 Å². The number of benzene rings is 5. The van der Waals surface area contributed by atoms with Gasteiger partial charge in [0.25, 0.3) is 0 Å². The molecule has 3 heterocycles. The molecule has 0 saturated carbocycles. The molecule has 5 aromatic carbocycles. The summed E-state index contributed by atoms with van der Waals surface area (Å²) in [5.74, 6) is 1.23. The number of tetrazole rings is 1. The first-order chi connectivity index (χ1) is 26.1. The van der Waals surface area contributed by atoms with Crippen LogP contribution in [-0.4, -0.2) is 37.5 Å². The average molecular weight is 764 g/mol. The van der Waals surface area contributed by atoms with Gasteiger partial charge in [-0.2, -0.15) is 5.10 Å². The fourth-order valence-electron chi connectivity index (χ4n) is 7.36. The Balaban J connectivity index is 1.21. The smallest absolute Gasteiger partial charge is 0.205 e. The number of aromatic nitrogens is 6. The van der Waals surface area contributed by atoms with Crippen LogP contribution in [0.1, 0.15) is 59.0 Å². The van der Waals surface area contributed by atoms with E-state index < -0.39 is 5.54 Å². The highest BCUT2D eigenvalue weighted by Crippen LogP contribution is 2.43. The molecule has 0 fully saturated rings. The first-order valence-electron chi connectivity index (χ1n) is 17.9. The van der Waals surface area contributed by atoms with Gasteiger partial charge in [0, 0.05) is 41.0 Å². The number of unbranched alkanes of at least 4 members (excludes halogenated alkanes) is 1. The first-order valence-corrected chi connectivity index (χ1v) is 18.7. The Morgan fingerprint density at radius 2 is 1.40 bits per heavy atom. The van der Waals surface area contributed by atoms with Gasteiger partial charge in [0.2, 0.25) is 5.82 Å². The number of hydrogen-bond acceptors (Lipinski definition) is 6. The van der Waals surface area contributed by atoms with E-state index in [4.69, 9.17) is 24.6 Å². The summed E-state index contributed by atoms with van der Waals surface area (Å²) >= 11 is 3.75. The van der Waals surface area contributed by atoms with Crippen LogP contribution in [-0.2, 0) is 29.7 Å². The molecule has 0 spiro atoms. The summed E-state index contributed by atoms with van der Waals surface area (Å²) in [6.45, 7) is 2.70. The number of rotatable bonds is 13. The summed E-state index contributed by atoms with van der Waals surface area (Å²) in [5, 5.41) is 24.6. The van der Waals surface area contributed by atoms with Gasteiger partial charge >= 0.3 is 0 Å². The van der Waals surface area contributed by atoms with E-state index in [0.717, 1.165) is 81.4 Å². The van der Waals surface area contributed by atoms with Crippen LogP contribution in [0.25, 0.3) is 33.5 Å². The van der Waals surface area contributed by atoms with Gasteiger partial charge in [0.05, 0.1) is 18.0 Å². The lowest BCUT2D eigenvalue weighted by Crippen LogP contribution is -2.39. The second-order valence-corrected chi connectivity index (χ2v) is 13.9. The Bertz CT molecular complexity index is 2360. The fourth-order valence-corrected chi connectivity index (χ4v) is 7.85. The molecule has 0 aliphatic heterocycles. The Kier molecular flexibility index (Phi) is 9.84. The number of ether oxygens (including phenoxy) is 1. The van der Waals surface area contributed by atoms with Crippen molar-refractivity contribution < 1.29 is 9.15 Å². The topological polar surface area (TPSA) is 94.7 Å². The van der Waals surface area contributed by atoms with Gasteiger partial charge in [-0.1, -0.05) is 141 Å². The number of hydrogen-bond donors (Lipinski definition) is 1. The minimum Gasteiger partial charge on any atom is -0.448 e. The average Bonchev–Trinajstić information content (AvgIpc) is 3.94. The molecule has 0 bridgehead atoms. The Morgan fingerprint density at radius 3 is 2.02 bits per heavy atom. The summed E-state index contributed by atoms with van der Waals surface area (Å²) in [5.41, 5.74) is 8.38. The van der Waals surface area contributed by atoms with E-state index in [1.54, 1.807) is 11.9 Å². The molecule has 9 heteroatoms. The van der Waals surface area contributed by atoms with Crippen molar-refractivity contribution in [3.63, 3.8) is 0 Å². The summed E-state index contributed by atoms with van der Waals surface area (Å²) < 4.78 is 12.7. The maximum absolute atomic E-state index is 6.52. The van der Waals surface area contributed by atoms with Crippen molar-refractivity contribution in [3.05, 3.63) is 177 Å². The number of nitrogens with zero attached hydrogens (tertiary/aromatic N) is 5. The van der Waals surface area contributed by atoms with E-state index in [-0.39, 0.29) is 0 Å². The van der Waals surface area contributed by atoms with E-state index in [2.05, 4.69) is 93.7 Å². The second kappa shape index (κ2) is 15.1. The zero-order chi connectivity index (χ0) is 36.2. The van der Waals surface area contributed by atoms with E-state index >= 15 is 0 Å². The van der Waals surface area contributed by atoms with E-state index in [9.17, 15) is 0 Å². The van der Waals surface area contributed by atoms with Gasteiger partial charge in [-0.25, -0.2) is 0 Å². The summed E-state index contributed by atoms with van der Waals surface area (Å²) in [4.78, 5) is 1.75. The van der Waals surface area contributed by atoms with Crippen molar-refractivity contribution in [2.24, 2.45) is 0 Å². The van der Waals surface area contributed by atoms with Crippen LogP contribution in [0, 0.1) is 0 Å². The normalized spacial score (nSPS) is 11.8. The summed E-state index contributed by atoms with van der Waals surface area (Å²) in [6.07, 6.45) is 3.89. The zero-order valence-electron chi connectivity index (χ0n) is 29.7. The maximum atomic E-state index is 6.52. The predicted octanol–water partition coefficient (Wildman–Crippen LogP) is 10.2. The van der Waals surface area contributed by atoms with Crippen molar-refractivity contribution in [2.45, 2.75) is 44.8 Å². The number of furan rings is 1. The fraction of sp³-hybridized carbons (Fsp3) is 0.182. The standard InChI is InChI=1S/C44H39BrN6O2/c1-3-4-24-39-38(40(29-52-2)47-46-39)28-30-25-26-35-37(27-30)42(45)53-41(35)34-22-14-15-23-36(34)43-48-50-51(49-43)44(31-16-8-5-9-17-31,32-18-10-6-11-19-32)33-20-12-7-13-21-33/h5-23,25-27H,3-4,24,28-29H2,1-2H3,(H,46,47). The summed E-state index contributed by atoms with van der Waals surface area (Å²) in [7, 11) is 1.71. The van der Waals surface area contributed by atoms with Crippen molar-refractivity contribution >= 4 is 26.7 Å². The van der Waals surface area contributed by atoms with Crippen molar-refractivity contribution in [3.8, 4) is 22.7 Å². The summed E-state index contributed by atoms with van der Waals surface area (Å²) in [6, 6.07) is 45.7. The molecular formula is C44H39BrN6O2. The molecule has 0 saturated heterocycles. The molecule has 0 aliphatic rings. The van der Waals surface area contributed by atoms with Crippen LogP contribution in [0.3, 0.4) is 0 Å². The van der Waals surface area contributed by atoms with Crippen LogP contribution >= 0.6 is 15.9 Å². The quantitative estimate of drug-likeness (QED) is 0.118. The molecule has 8 aromatic rings. The number of fused-ring (bicyclic) bond motifs is 1. The van der Waals surface area contributed by atoms with Gasteiger partial charge in [-0.15, -0.1) is 15.0 Å². The highest BCUT2D eigenvalue weighted by molar-refractivity contribution is 9.10. The van der Waals surface area contributed by atoms with Crippen molar-refractivity contribution in [1.82, 2.24) is 30.4 Å². The number of halogens is 1. The van der Waals surface area contributed by atoms with Crippen LogP contribution in [0.4, 0.5) is 0 Å². The molecule has 0 aliphatic carbocycles. The molecule has 8 rings (SSSR count). The Labute approximate surface area is 317 Å². The molecular weight excluding hydrogens is 724 g/mol. The number of aryl methyl sites for hydroxylation is 1. The van der Waals surface area contributed by atoms with E-state index in [0.29, 0.717) is 17.1 Å². The third-order valence-electron chi connectivity index (χ3n) is 9.91. The molecule has 0 unspecified atom stereocenters. The second-order valence-electron chi connectivity index (χ2n) is 13.2. The van der Waals surface area contributed by atoms with Gasteiger partial charge < -0.3 is 9.15 Å². The molecule has 0 atom stereocenters. The van der Waals surface area contributed by atoms with Gasteiger partial charge in [-0.3, -0.25) is 5.10 Å². The third kappa shape index (κ3) is 6.40. The van der Waals surface area contributed by atoms with Crippen LogP contribution in [0.5, 0.6) is 0 Å². The molecule has 3 aromatic heterocycles. The lowest BCUT2D eigenvalue weighted by Gasteiger charge is -2.34. The molecule has 0 radical (unpaired) electrons. The monoisotopic (exact) mass is 762 g/mol. The molecule has 0 amide bonds. The predicted molar refractivity (Wildman–Crippen MR) is 211 cm³/mol. The number of aromatic amines is 1. The Hall–Kier alpha value is -5.64. The highest BCUT2D eigenvalue weighted by atomic mass is 79.9. The zero-order valence-corrected chi connectivity index (χ0v) is 31.3.